The minimum Gasteiger partial charge on any atom is -0.312 e. The maximum Gasteiger partial charge on any atom is 0.147 e. The van der Waals surface area contributed by atoms with Gasteiger partial charge in [0.15, 0.2) is 0 Å². The van der Waals surface area contributed by atoms with Crippen molar-refractivity contribution in [3.8, 4) is 0 Å². The first kappa shape index (κ1) is 12.6. The molecule has 1 aromatic heterocycles. The summed E-state index contributed by atoms with van der Waals surface area (Å²) in [5, 5.41) is 6.06. The molecule has 1 heterocycles. The first-order valence-electron chi connectivity index (χ1n) is 4.69. The van der Waals surface area contributed by atoms with Gasteiger partial charge >= 0.3 is 0 Å². The molecule has 1 atom stereocenters. The molecular formula is C9H16N2O2S2. The van der Waals surface area contributed by atoms with E-state index in [9.17, 15) is 8.42 Å². The molecule has 1 N–H and O–H groups in total. The van der Waals surface area contributed by atoms with Gasteiger partial charge in [0.2, 0.25) is 0 Å². The molecule has 0 saturated carbocycles. The van der Waals surface area contributed by atoms with Gasteiger partial charge in [-0.2, -0.15) is 0 Å². The monoisotopic (exact) mass is 248 g/mol. The third-order valence-corrected chi connectivity index (χ3v) is 3.89. The molecule has 0 aliphatic heterocycles. The number of sulfone groups is 1. The molecule has 0 aromatic carbocycles. The molecule has 1 unspecified atom stereocenters. The van der Waals surface area contributed by atoms with Crippen molar-refractivity contribution >= 4 is 21.2 Å². The average Bonchev–Trinajstić information content (AvgIpc) is 2.51. The van der Waals surface area contributed by atoms with Crippen molar-refractivity contribution in [2.45, 2.75) is 19.4 Å². The van der Waals surface area contributed by atoms with Crippen molar-refractivity contribution < 1.29 is 8.42 Å². The molecule has 1 rings (SSSR count). The topological polar surface area (TPSA) is 59.1 Å². The van der Waals surface area contributed by atoms with Crippen LogP contribution in [0.4, 0.5) is 0 Å². The summed E-state index contributed by atoms with van der Waals surface area (Å²) in [6, 6.07) is 0.0321. The number of hydrogen-bond donors (Lipinski definition) is 1. The molecule has 4 nitrogen and oxygen atoms in total. The van der Waals surface area contributed by atoms with Crippen molar-refractivity contribution in [1.29, 1.82) is 0 Å². The number of rotatable bonds is 5. The van der Waals surface area contributed by atoms with E-state index in [2.05, 4.69) is 10.3 Å². The zero-order valence-corrected chi connectivity index (χ0v) is 10.8. The summed E-state index contributed by atoms with van der Waals surface area (Å²) in [5.74, 6) is 0.190. The molecule has 0 bridgehead atoms. The van der Waals surface area contributed by atoms with E-state index in [4.69, 9.17) is 0 Å². The zero-order valence-electron chi connectivity index (χ0n) is 9.15. The Kier molecular flexibility index (Phi) is 4.24. The third-order valence-electron chi connectivity index (χ3n) is 2.12. The second kappa shape index (κ2) is 5.05. The van der Waals surface area contributed by atoms with Gasteiger partial charge in [0.25, 0.3) is 0 Å². The Morgan fingerprint density at radius 2 is 2.27 bits per heavy atom. The van der Waals surface area contributed by atoms with Crippen molar-refractivity contribution in [2.24, 2.45) is 0 Å². The molecule has 0 amide bonds. The minimum absolute atomic E-state index is 0.0321. The van der Waals surface area contributed by atoms with E-state index < -0.39 is 9.84 Å². The summed E-state index contributed by atoms with van der Waals surface area (Å²) in [7, 11) is -1.07. The van der Waals surface area contributed by atoms with Crippen LogP contribution in [-0.2, 0) is 9.84 Å². The van der Waals surface area contributed by atoms with Gasteiger partial charge < -0.3 is 5.32 Å². The lowest BCUT2D eigenvalue weighted by atomic mass is 10.2. The van der Waals surface area contributed by atoms with Gasteiger partial charge in [0.1, 0.15) is 9.84 Å². The Labute approximate surface area is 94.7 Å². The molecule has 0 radical (unpaired) electrons. The fourth-order valence-electron chi connectivity index (χ4n) is 1.31. The quantitative estimate of drug-likeness (QED) is 0.849. The predicted octanol–water partition coefficient (Wildman–Crippen LogP) is 1.15. The molecule has 15 heavy (non-hydrogen) atoms. The molecule has 1 aromatic rings. The van der Waals surface area contributed by atoms with E-state index in [-0.39, 0.29) is 11.8 Å². The summed E-state index contributed by atoms with van der Waals surface area (Å²) in [6.07, 6.45) is 1.82. The predicted molar refractivity (Wildman–Crippen MR) is 63.0 cm³/mol. The Balaban J connectivity index is 2.65. The standard InChI is InChI=1S/C9H16N2O2S2/c1-7-11-9(6-14-7)8(10-2)4-5-15(3,12)13/h6,8,10H,4-5H2,1-3H3. The van der Waals surface area contributed by atoms with E-state index >= 15 is 0 Å². The van der Waals surface area contributed by atoms with Gasteiger partial charge in [-0.05, 0) is 20.4 Å². The Morgan fingerprint density at radius 1 is 1.60 bits per heavy atom. The van der Waals surface area contributed by atoms with Gasteiger partial charge in [-0.3, -0.25) is 0 Å². The summed E-state index contributed by atoms with van der Waals surface area (Å²) in [6.45, 7) is 1.94. The molecule has 6 heteroatoms. The second-order valence-electron chi connectivity index (χ2n) is 3.55. The van der Waals surface area contributed by atoms with Crippen LogP contribution in [0.1, 0.15) is 23.2 Å². The van der Waals surface area contributed by atoms with Gasteiger partial charge in [0, 0.05) is 11.6 Å². The summed E-state index contributed by atoms with van der Waals surface area (Å²) in [4.78, 5) is 4.34. The Morgan fingerprint density at radius 3 is 2.67 bits per heavy atom. The Hall–Kier alpha value is -0.460. The minimum atomic E-state index is -2.89. The fraction of sp³-hybridized carbons (Fsp3) is 0.667. The summed E-state index contributed by atoms with van der Waals surface area (Å²) in [5.41, 5.74) is 0.934. The summed E-state index contributed by atoms with van der Waals surface area (Å²) >= 11 is 1.58. The van der Waals surface area contributed by atoms with Gasteiger partial charge in [-0.25, -0.2) is 13.4 Å². The third kappa shape index (κ3) is 4.27. The van der Waals surface area contributed by atoms with Crippen LogP contribution in [0.2, 0.25) is 0 Å². The van der Waals surface area contributed by atoms with Crippen LogP contribution in [0, 0.1) is 6.92 Å². The van der Waals surface area contributed by atoms with Crippen molar-refractivity contribution in [3.05, 3.63) is 16.1 Å². The van der Waals surface area contributed by atoms with Crippen LogP contribution in [0.25, 0.3) is 0 Å². The van der Waals surface area contributed by atoms with Crippen LogP contribution >= 0.6 is 11.3 Å². The SMILES string of the molecule is CNC(CCS(C)(=O)=O)c1csc(C)n1. The molecule has 0 aliphatic rings. The van der Waals surface area contributed by atoms with Crippen LogP contribution < -0.4 is 5.32 Å². The first-order valence-corrected chi connectivity index (χ1v) is 7.63. The zero-order chi connectivity index (χ0) is 11.5. The van der Waals surface area contributed by atoms with Crippen LogP contribution in [0.15, 0.2) is 5.38 Å². The maximum absolute atomic E-state index is 11.0. The molecule has 0 fully saturated rings. The normalized spacial score (nSPS) is 14.1. The van der Waals surface area contributed by atoms with Crippen molar-refractivity contribution in [3.63, 3.8) is 0 Å². The van der Waals surface area contributed by atoms with E-state index in [0.717, 1.165) is 10.7 Å². The fourth-order valence-corrected chi connectivity index (χ4v) is 2.64. The highest BCUT2D eigenvalue weighted by Gasteiger charge is 2.14. The van der Waals surface area contributed by atoms with Gasteiger partial charge in [-0.15, -0.1) is 11.3 Å². The van der Waals surface area contributed by atoms with Crippen molar-refractivity contribution in [2.75, 3.05) is 19.1 Å². The highest BCUT2D eigenvalue weighted by Crippen LogP contribution is 2.19. The lowest BCUT2D eigenvalue weighted by Gasteiger charge is -2.12. The number of nitrogens with zero attached hydrogens (tertiary/aromatic N) is 1. The highest BCUT2D eigenvalue weighted by molar-refractivity contribution is 7.90. The highest BCUT2D eigenvalue weighted by atomic mass is 32.2. The van der Waals surface area contributed by atoms with E-state index in [1.165, 1.54) is 6.26 Å². The van der Waals surface area contributed by atoms with Crippen LogP contribution in [0.5, 0.6) is 0 Å². The number of aromatic nitrogens is 1. The van der Waals surface area contributed by atoms with Crippen LogP contribution in [0.3, 0.4) is 0 Å². The molecule has 0 aliphatic carbocycles. The number of hydrogen-bond acceptors (Lipinski definition) is 5. The number of nitrogens with one attached hydrogen (secondary N) is 1. The van der Waals surface area contributed by atoms with Crippen LogP contribution in [-0.4, -0.2) is 32.5 Å². The summed E-state index contributed by atoms with van der Waals surface area (Å²) < 4.78 is 22.1. The van der Waals surface area contributed by atoms with Gasteiger partial charge in [-0.1, -0.05) is 0 Å². The smallest absolute Gasteiger partial charge is 0.147 e. The largest absolute Gasteiger partial charge is 0.312 e. The van der Waals surface area contributed by atoms with Gasteiger partial charge in [0.05, 0.1) is 22.5 Å². The maximum atomic E-state index is 11.0. The molecule has 0 spiro atoms. The molecule has 86 valence electrons. The molecular weight excluding hydrogens is 232 g/mol. The van der Waals surface area contributed by atoms with E-state index in [0.29, 0.717) is 6.42 Å². The van der Waals surface area contributed by atoms with Crippen molar-refractivity contribution in [1.82, 2.24) is 10.3 Å². The molecule has 0 saturated heterocycles. The van der Waals surface area contributed by atoms with E-state index in [1.54, 1.807) is 11.3 Å². The average molecular weight is 248 g/mol. The lowest BCUT2D eigenvalue weighted by Crippen LogP contribution is -2.20. The number of thiazole rings is 1. The Bertz CT molecular complexity index is 412. The second-order valence-corrected chi connectivity index (χ2v) is 6.87. The van der Waals surface area contributed by atoms with E-state index in [1.807, 2.05) is 19.4 Å². The lowest BCUT2D eigenvalue weighted by molar-refractivity contribution is 0.550. The first-order chi connectivity index (χ1) is 6.92. The number of aryl methyl sites for hydroxylation is 1.